The number of hydrogen-bond acceptors (Lipinski definition) is 4. The molecule has 0 amide bonds. The third-order valence-electron chi connectivity index (χ3n) is 2.72. The van der Waals surface area contributed by atoms with Crippen molar-refractivity contribution in [2.45, 2.75) is 6.61 Å². The Morgan fingerprint density at radius 3 is 2.35 bits per heavy atom. The Bertz CT molecular complexity index is 650. The molecule has 0 unspecified atom stereocenters. The van der Waals surface area contributed by atoms with Crippen molar-refractivity contribution < 1.29 is 14.8 Å². The summed E-state index contributed by atoms with van der Waals surface area (Å²) in [6.07, 6.45) is 1.32. The maximum Gasteiger partial charge on any atom is 0.269 e. The molecule has 1 N–H and O–H groups in total. The van der Waals surface area contributed by atoms with Crippen molar-refractivity contribution in [2.75, 3.05) is 0 Å². The number of aliphatic hydroxyl groups is 1. The summed E-state index contributed by atoms with van der Waals surface area (Å²) in [7, 11) is 0. The van der Waals surface area contributed by atoms with Crippen LogP contribution in [0, 0.1) is 15.3 Å². The second-order valence-electron chi connectivity index (χ2n) is 4.13. The number of hydrogen-bond donors (Lipinski definition) is 1. The predicted molar refractivity (Wildman–Crippen MR) is 73.9 cm³/mol. The third kappa shape index (κ3) is 3.18. The molecule has 6 nitrogen and oxygen atoms in total. The van der Waals surface area contributed by atoms with Crippen LogP contribution in [0.15, 0.2) is 48.5 Å². The smallest absolute Gasteiger partial charge is 0.269 e. The number of benzene rings is 2. The topological polar surface area (TPSA) is 89.4 Å². The summed E-state index contributed by atoms with van der Waals surface area (Å²) >= 11 is 0. The van der Waals surface area contributed by atoms with Crippen LogP contribution in [0.4, 0.5) is 11.4 Å². The van der Waals surface area contributed by atoms with E-state index in [1.54, 1.807) is 24.3 Å². The van der Waals surface area contributed by atoms with Crippen molar-refractivity contribution in [1.82, 2.24) is 0 Å². The highest BCUT2D eigenvalue weighted by Gasteiger charge is 2.06. The van der Waals surface area contributed by atoms with Gasteiger partial charge in [0.2, 0.25) is 5.69 Å². The monoisotopic (exact) mass is 272 g/mol. The highest BCUT2D eigenvalue weighted by atomic mass is 16.6. The number of nitrogens with zero attached hydrogens (tertiary/aromatic N) is 2. The molecule has 0 radical (unpaired) electrons. The second kappa shape index (κ2) is 5.94. The summed E-state index contributed by atoms with van der Waals surface area (Å²) in [5, 5.41) is 31.5. The fourth-order valence-corrected chi connectivity index (χ4v) is 1.68. The van der Waals surface area contributed by atoms with E-state index in [1.807, 2.05) is 0 Å². The molecule has 102 valence electrons. The van der Waals surface area contributed by atoms with Crippen molar-refractivity contribution in [1.29, 1.82) is 0 Å². The molecule has 0 aliphatic heterocycles. The van der Waals surface area contributed by atoms with Crippen LogP contribution < -0.4 is 0 Å². The Morgan fingerprint density at radius 2 is 1.75 bits per heavy atom. The fourth-order valence-electron chi connectivity index (χ4n) is 1.68. The average Bonchev–Trinajstić information content (AvgIpc) is 2.47. The van der Waals surface area contributed by atoms with Gasteiger partial charge in [-0.1, -0.05) is 12.1 Å². The van der Waals surface area contributed by atoms with Gasteiger partial charge in [-0.2, -0.15) is 4.74 Å². The lowest BCUT2D eigenvalue weighted by atomic mass is 10.2. The first-order valence-electron chi connectivity index (χ1n) is 5.85. The molecule has 2 aromatic rings. The van der Waals surface area contributed by atoms with Crippen molar-refractivity contribution >= 4 is 17.6 Å². The first-order valence-corrected chi connectivity index (χ1v) is 5.85. The fraction of sp³-hybridized carbons (Fsp3) is 0.0714. The van der Waals surface area contributed by atoms with Gasteiger partial charge < -0.3 is 10.3 Å². The Labute approximate surface area is 115 Å². The molecule has 0 aromatic heterocycles. The number of aliphatic hydroxyl groups excluding tert-OH is 1. The summed E-state index contributed by atoms with van der Waals surface area (Å²) in [5.74, 6) is 0. The lowest BCUT2D eigenvalue weighted by Gasteiger charge is -2.04. The van der Waals surface area contributed by atoms with Crippen LogP contribution in [0.25, 0.3) is 0 Å². The van der Waals surface area contributed by atoms with Crippen LogP contribution in [-0.4, -0.2) is 21.0 Å². The molecular formula is C14H12N2O4. The lowest BCUT2D eigenvalue weighted by molar-refractivity contribution is -0.384. The largest absolute Gasteiger partial charge is 0.618 e. The molecule has 0 atom stereocenters. The zero-order chi connectivity index (χ0) is 14.5. The van der Waals surface area contributed by atoms with E-state index in [2.05, 4.69) is 0 Å². The van der Waals surface area contributed by atoms with E-state index in [0.29, 0.717) is 21.6 Å². The normalized spacial score (nSPS) is 11.3. The first-order chi connectivity index (χ1) is 9.60. The van der Waals surface area contributed by atoms with E-state index in [1.165, 1.54) is 30.5 Å². The SMILES string of the molecule is O=[N+]([O-])c1ccc(C=[N+]([O-])c2cccc(CO)c2)cc1. The van der Waals surface area contributed by atoms with E-state index in [0.717, 1.165) is 0 Å². The number of non-ortho nitro benzene ring substituents is 1. The van der Waals surface area contributed by atoms with Crippen LogP contribution in [-0.2, 0) is 6.61 Å². The van der Waals surface area contributed by atoms with Crippen LogP contribution in [0.1, 0.15) is 11.1 Å². The number of nitro groups is 1. The van der Waals surface area contributed by atoms with Gasteiger partial charge in [0, 0.05) is 29.8 Å². The molecule has 20 heavy (non-hydrogen) atoms. The zero-order valence-electron chi connectivity index (χ0n) is 10.5. The minimum absolute atomic E-state index is 0.0260. The molecule has 0 bridgehead atoms. The molecule has 6 heteroatoms. The van der Waals surface area contributed by atoms with E-state index in [4.69, 9.17) is 5.11 Å². The standard InChI is InChI=1S/C14H12N2O4/c17-10-12-2-1-3-14(8-12)15(18)9-11-4-6-13(7-5-11)16(19)20/h1-9,17H,10H2. The molecule has 2 aromatic carbocycles. The van der Waals surface area contributed by atoms with E-state index in [9.17, 15) is 15.3 Å². The summed E-state index contributed by atoms with van der Waals surface area (Å²) < 4.78 is 0.653. The maximum atomic E-state index is 11.9. The molecule has 0 heterocycles. The average molecular weight is 272 g/mol. The van der Waals surface area contributed by atoms with Gasteiger partial charge in [-0.05, 0) is 17.7 Å². The number of nitro benzene ring substituents is 1. The predicted octanol–water partition coefficient (Wildman–Crippen LogP) is 2.35. The number of rotatable bonds is 4. The molecule has 0 spiro atoms. The van der Waals surface area contributed by atoms with Crippen molar-refractivity contribution in [2.24, 2.45) is 0 Å². The Balaban J connectivity index is 2.27. The molecular weight excluding hydrogens is 260 g/mol. The van der Waals surface area contributed by atoms with Gasteiger partial charge >= 0.3 is 0 Å². The zero-order valence-corrected chi connectivity index (χ0v) is 10.5. The minimum atomic E-state index is -0.497. The Hall–Kier alpha value is -2.73. The third-order valence-corrected chi connectivity index (χ3v) is 2.72. The van der Waals surface area contributed by atoms with Gasteiger partial charge in [0.25, 0.3) is 5.69 Å². The quantitative estimate of drug-likeness (QED) is 0.304. The molecule has 2 rings (SSSR count). The van der Waals surface area contributed by atoms with Crippen molar-refractivity contribution in [3.05, 3.63) is 75.0 Å². The van der Waals surface area contributed by atoms with Gasteiger partial charge in [0.15, 0.2) is 6.21 Å². The van der Waals surface area contributed by atoms with Gasteiger partial charge in [-0.3, -0.25) is 10.1 Å². The molecule has 0 saturated carbocycles. The molecule has 0 aliphatic carbocycles. The van der Waals surface area contributed by atoms with Crippen LogP contribution in [0.5, 0.6) is 0 Å². The lowest BCUT2D eigenvalue weighted by Crippen LogP contribution is -1.99. The van der Waals surface area contributed by atoms with E-state index in [-0.39, 0.29) is 12.3 Å². The molecule has 0 fully saturated rings. The summed E-state index contributed by atoms with van der Waals surface area (Å²) in [6, 6.07) is 12.3. The first kappa shape index (κ1) is 13.7. The van der Waals surface area contributed by atoms with E-state index >= 15 is 0 Å². The van der Waals surface area contributed by atoms with Gasteiger partial charge in [-0.15, -0.1) is 0 Å². The van der Waals surface area contributed by atoms with E-state index < -0.39 is 4.92 Å². The molecule has 0 aliphatic rings. The van der Waals surface area contributed by atoms with Crippen molar-refractivity contribution in [3.8, 4) is 0 Å². The maximum absolute atomic E-state index is 11.9. The summed E-state index contributed by atoms with van der Waals surface area (Å²) in [4.78, 5) is 10.0. The summed E-state index contributed by atoms with van der Waals surface area (Å²) in [5.41, 5.74) is 1.55. The highest BCUT2D eigenvalue weighted by Crippen LogP contribution is 2.15. The van der Waals surface area contributed by atoms with Crippen LogP contribution >= 0.6 is 0 Å². The van der Waals surface area contributed by atoms with Crippen molar-refractivity contribution in [3.63, 3.8) is 0 Å². The summed E-state index contributed by atoms with van der Waals surface area (Å²) in [6.45, 7) is -0.140. The Kier molecular flexibility index (Phi) is 4.07. The molecule has 0 saturated heterocycles. The highest BCUT2D eigenvalue weighted by molar-refractivity contribution is 5.77. The van der Waals surface area contributed by atoms with Gasteiger partial charge in [0.05, 0.1) is 11.5 Å². The van der Waals surface area contributed by atoms with Crippen LogP contribution in [0.2, 0.25) is 0 Å². The second-order valence-corrected chi connectivity index (χ2v) is 4.13. The van der Waals surface area contributed by atoms with Gasteiger partial charge in [0.1, 0.15) is 0 Å². The minimum Gasteiger partial charge on any atom is -0.618 e. The Morgan fingerprint density at radius 1 is 1.05 bits per heavy atom. The van der Waals surface area contributed by atoms with Gasteiger partial charge in [-0.25, -0.2) is 0 Å². The van der Waals surface area contributed by atoms with Crippen LogP contribution in [0.3, 0.4) is 0 Å².